The summed E-state index contributed by atoms with van der Waals surface area (Å²) in [4.78, 5) is 23.3. The van der Waals surface area contributed by atoms with Crippen LogP contribution in [0.3, 0.4) is 0 Å². The molecular weight excluding hydrogens is 292 g/mol. The van der Waals surface area contributed by atoms with E-state index < -0.39 is 0 Å². The average molecular weight is 312 g/mol. The molecule has 6 nitrogen and oxygen atoms in total. The summed E-state index contributed by atoms with van der Waals surface area (Å²) in [6.45, 7) is 2.76. The van der Waals surface area contributed by atoms with Crippen LogP contribution in [0.25, 0.3) is 10.9 Å². The molecule has 2 aromatic rings. The summed E-state index contributed by atoms with van der Waals surface area (Å²) < 4.78 is 5.42. The van der Waals surface area contributed by atoms with Gasteiger partial charge in [0.05, 0.1) is 5.52 Å². The minimum Gasteiger partial charge on any atom is -0.368 e. The summed E-state index contributed by atoms with van der Waals surface area (Å²) in [5.74, 6) is 0.917. The molecule has 1 aromatic carbocycles. The van der Waals surface area contributed by atoms with Gasteiger partial charge in [0.2, 0.25) is 0 Å². The number of anilines is 2. The molecule has 1 amide bonds. The van der Waals surface area contributed by atoms with Crippen molar-refractivity contribution in [2.45, 2.75) is 31.8 Å². The predicted octanol–water partition coefficient (Wildman–Crippen LogP) is 2.35. The lowest BCUT2D eigenvalue weighted by Crippen LogP contribution is -2.26. The highest BCUT2D eigenvalue weighted by molar-refractivity contribution is 5.98. The van der Waals surface area contributed by atoms with Gasteiger partial charge < -0.3 is 15.0 Å². The first-order chi connectivity index (χ1) is 11.3. The number of benzene rings is 1. The number of carbonyl (C=O) groups excluding carboxylic acids is 1. The van der Waals surface area contributed by atoms with Crippen LogP contribution in [0.5, 0.6) is 0 Å². The van der Waals surface area contributed by atoms with Crippen LogP contribution in [0, 0.1) is 0 Å². The van der Waals surface area contributed by atoms with Crippen LogP contribution < -0.4 is 10.2 Å². The van der Waals surface area contributed by atoms with Crippen molar-refractivity contribution in [3.05, 3.63) is 24.5 Å². The molecule has 2 saturated heterocycles. The fourth-order valence-corrected chi connectivity index (χ4v) is 3.31. The third-order valence-electron chi connectivity index (χ3n) is 4.51. The molecule has 0 saturated carbocycles. The molecule has 0 spiro atoms. The number of nitrogens with one attached hydrogen (secondary N) is 1. The van der Waals surface area contributed by atoms with Crippen molar-refractivity contribution in [1.29, 1.82) is 0 Å². The van der Waals surface area contributed by atoms with Gasteiger partial charge in [-0.15, -0.1) is 0 Å². The lowest BCUT2D eigenvalue weighted by Gasteiger charge is -2.18. The third kappa shape index (κ3) is 2.86. The van der Waals surface area contributed by atoms with Gasteiger partial charge in [-0.3, -0.25) is 4.79 Å². The minimum absolute atomic E-state index is 0.0735. The van der Waals surface area contributed by atoms with Gasteiger partial charge in [-0.25, -0.2) is 9.97 Å². The summed E-state index contributed by atoms with van der Waals surface area (Å²) in [5, 5.41) is 3.96. The predicted molar refractivity (Wildman–Crippen MR) is 88.6 cm³/mol. The normalized spacial score (nSPS) is 21.0. The maximum absolute atomic E-state index is 12.1. The number of aromatic nitrogens is 2. The second-order valence-electron chi connectivity index (χ2n) is 6.11. The van der Waals surface area contributed by atoms with E-state index in [-0.39, 0.29) is 12.0 Å². The van der Waals surface area contributed by atoms with Gasteiger partial charge in [-0.2, -0.15) is 0 Å². The van der Waals surface area contributed by atoms with Crippen LogP contribution in [0.1, 0.15) is 25.7 Å². The average Bonchev–Trinajstić information content (AvgIpc) is 3.27. The first-order valence-corrected chi connectivity index (χ1v) is 8.23. The van der Waals surface area contributed by atoms with Gasteiger partial charge in [-0.05, 0) is 43.9 Å². The van der Waals surface area contributed by atoms with Gasteiger partial charge in [0.1, 0.15) is 18.2 Å². The highest BCUT2D eigenvalue weighted by atomic mass is 16.5. The van der Waals surface area contributed by atoms with Crippen molar-refractivity contribution in [2.75, 3.05) is 29.9 Å². The quantitative estimate of drug-likeness (QED) is 0.942. The number of amides is 1. The fraction of sp³-hybridized carbons (Fsp3) is 0.471. The fourth-order valence-electron chi connectivity index (χ4n) is 3.31. The van der Waals surface area contributed by atoms with E-state index in [1.165, 1.54) is 12.8 Å². The molecule has 1 aromatic heterocycles. The Bertz CT molecular complexity index is 722. The molecule has 0 bridgehead atoms. The van der Waals surface area contributed by atoms with E-state index >= 15 is 0 Å². The van der Waals surface area contributed by atoms with E-state index in [0.29, 0.717) is 6.61 Å². The van der Waals surface area contributed by atoms with Crippen molar-refractivity contribution in [3.63, 3.8) is 0 Å². The number of hydrogen-bond donors (Lipinski definition) is 1. The molecule has 0 radical (unpaired) electrons. The lowest BCUT2D eigenvalue weighted by atomic mass is 10.2. The zero-order valence-corrected chi connectivity index (χ0v) is 13.0. The smallest absolute Gasteiger partial charge is 0.253 e. The van der Waals surface area contributed by atoms with Crippen molar-refractivity contribution in [1.82, 2.24) is 9.97 Å². The molecule has 4 rings (SSSR count). The molecule has 0 unspecified atom stereocenters. The molecule has 1 atom stereocenters. The molecule has 2 aliphatic rings. The molecule has 2 aliphatic heterocycles. The third-order valence-corrected chi connectivity index (χ3v) is 4.51. The van der Waals surface area contributed by atoms with Crippen molar-refractivity contribution < 1.29 is 9.53 Å². The van der Waals surface area contributed by atoms with Gasteiger partial charge in [-0.1, -0.05) is 0 Å². The number of nitrogens with zero attached hydrogens (tertiary/aromatic N) is 3. The van der Waals surface area contributed by atoms with Crippen LogP contribution in [-0.2, 0) is 9.53 Å². The number of carbonyl (C=O) groups is 1. The van der Waals surface area contributed by atoms with Crippen LogP contribution in [0.2, 0.25) is 0 Å². The van der Waals surface area contributed by atoms with E-state index in [2.05, 4.69) is 20.2 Å². The zero-order chi connectivity index (χ0) is 15.6. The maximum Gasteiger partial charge on any atom is 0.253 e. The Morgan fingerprint density at radius 2 is 2.09 bits per heavy atom. The Balaban J connectivity index is 1.59. The van der Waals surface area contributed by atoms with Crippen LogP contribution >= 0.6 is 0 Å². The Hall–Kier alpha value is -2.21. The topological polar surface area (TPSA) is 67.4 Å². The van der Waals surface area contributed by atoms with Crippen LogP contribution in [0.15, 0.2) is 24.5 Å². The molecule has 23 heavy (non-hydrogen) atoms. The first-order valence-electron chi connectivity index (χ1n) is 8.23. The Kier molecular flexibility index (Phi) is 3.83. The summed E-state index contributed by atoms with van der Waals surface area (Å²) in [6, 6.07) is 5.82. The Morgan fingerprint density at radius 3 is 2.87 bits per heavy atom. The number of ether oxygens (including phenoxy) is 1. The molecule has 6 heteroatoms. The lowest BCUT2D eigenvalue weighted by molar-refractivity contribution is -0.124. The molecule has 120 valence electrons. The maximum atomic E-state index is 12.1. The minimum atomic E-state index is -0.323. The van der Waals surface area contributed by atoms with Gasteiger partial charge in [0, 0.05) is 30.8 Å². The SMILES string of the molecule is O=C(Nc1ccc2c(N3CCCC3)ncnc2c1)[C@@H]1CCCO1. The monoisotopic (exact) mass is 312 g/mol. The molecular formula is C17H20N4O2. The van der Waals surface area contributed by atoms with Gasteiger partial charge in [0.25, 0.3) is 5.91 Å². The second kappa shape index (κ2) is 6.12. The summed E-state index contributed by atoms with van der Waals surface area (Å²) >= 11 is 0. The first kappa shape index (κ1) is 14.4. The summed E-state index contributed by atoms with van der Waals surface area (Å²) in [5.41, 5.74) is 1.61. The van der Waals surface area contributed by atoms with Gasteiger partial charge in [0.15, 0.2) is 0 Å². The molecule has 3 heterocycles. The molecule has 2 fully saturated rings. The summed E-state index contributed by atoms with van der Waals surface area (Å²) in [7, 11) is 0. The number of rotatable bonds is 3. The van der Waals surface area contributed by atoms with E-state index in [9.17, 15) is 4.79 Å². The van der Waals surface area contributed by atoms with E-state index in [0.717, 1.165) is 48.3 Å². The van der Waals surface area contributed by atoms with E-state index in [1.54, 1.807) is 6.33 Å². The molecule has 0 aliphatic carbocycles. The highest BCUT2D eigenvalue weighted by Gasteiger charge is 2.23. The van der Waals surface area contributed by atoms with Crippen LogP contribution in [-0.4, -0.2) is 41.7 Å². The second-order valence-corrected chi connectivity index (χ2v) is 6.11. The number of fused-ring (bicyclic) bond motifs is 1. The highest BCUT2D eigenvalue weighted by Crippen LogP contribution is 2.28. The van der Waals surface area contributed by atoms with E-state index in [4.69, 9.17) is 4.74 Å². The van der Waals surface area contributed by atoms with Crippen LogP contribution in [0.4, 0.5) is 11.5 Å². The Labute approximate surface area is 134 Å². The zero-order valence-electron chi connectivity index (χ0n) is 13.0. The van der Waals surface area contributed by atoms with Crippen molar-refractivity contribution in [3.8, 4) is 0 Å². The largest absolute Gasteiger partial charge is 0.368 e. The van der Waals surface area contributed by atoms with Crippen molar-refractivity contribution in [2.24, 2.45) is 0 Å². The standard InChI is InChI=1S/C17H20N4O2/c22-17(15-4-3-9-23-15)20-12-5-6-13-14(10-12)18-11-19-16(13)21-7-1-2-8-21/h5-6,10-11,15H,1-4,7-9H2,(H,20,22)/t15-/m0/s1. The number of hydrogen-bond acceptors (Lipinski definition) is 5. The Morgan fingerprint density at radius 1 is 1.22 bits per heavy atom. The molecule has 1 N–H and O–H groups in total. The van der Waals surface area contributed by atoms with Gasteiger partial charge >= 0.3 is 0 Å². The van der Waals surface area contributed by atoms with E-state index in [1.807, 2.05) is 18.2 Å². The summed E-state index contributed by atoms with van der Waals surface area (Å²) in [6.07, 6.45) is 5.43. The van der Waals surface area contributed by atoms with Crippen molar-refractivity contribution >= 4 is 28.3 Å².